The minimum absolute atomic E-state index is 0.000595. The Hall–Kier alpha value is -2.44. The van der Waals surface area contributed by atoms with E-state index in [0.717, 1.165) is 5.56 Å². The Morgan fingerprint density at radius 2 is 1.52 bits per heavy atom. The molecule has 0 fully saturated rings. The maximum atomic E-state index is 12.5. The van der Waals surface area contributed by atoms with Gasteiger partial charge < -0.3 is 9.47 Å². The number of esters is 2. The van der Waals surface area contributed by atoms with Crippen LogP contribution in [0.2, 0.25) is 0 Å². The molecular formula is C18H25NO6. The van der Waals surface area contributed by atoms with Crippen molar-refractivity contribution in [3.05, 3.63) is 39.9 Å². The SMILES string of the molecule is CCCC(CCc1ccc([N+](=O)[O-])cc1)(C(=O)OCC)C(=O)OCC. The second kappa shape index (κ2) is 9.76. The molecule has 7 nitrogen and oxygen atoms in total. The van der Waals surface area contributed by atoms with Crippen LogP contribution in [0.1, 0.15) is 45.6 Å². The van der Waals surface area contributed by atoms with Crippen molar-refractivity contribution in [2.24, 2.45) is 5.41 Å². The van der Waals surface area contributed by atoms with E-state index in [2.05, 4.69) is 0 Å². The first-order valence-corrected chi connectivity index (χ1v) is 8.49. The summed E-state index contributed by atoms with van der Waals surface area (Å²) in [5, 5.41) is 10.7. The third-order valence-electron chi connectivity index (χ3n) is 4.00. The first kappa shape index (κ1) is 20.6. The first-order valence-electron chi connectivity index (χ1n) is 8.49. The molecule has 1 rings (SSSR count). The van der Waals surface area contributed by atoms with Gasteiger partial charge in [0.1, 0.15) is 0 Å². The fourth-order valence-corrected chi connectivity index (χ4v) is 2.72. The number of non-ortho nitro benzene ring substituents is 1. The van der Waals surface area contributed by atoms with Gasteiger partial charge in [-0.3, -0.25) is 19.7 Å². The van der Waals surface area contributed by atoms with Gasteiger partial charge in [-0.15, -0.1) is 0 Å². The summed E-state index contributed by atoms with van der Waals surface area (Å²) in [6.45, 7) is 5.63. The molecule has 0 aromatic heterocycles. The van der Waals surface area contributed by atoms with Gasteiger partial charge >= 0.3 is 11.9 Å². The second-order valence-electron chi connectivity index (χ2n) is 5.70. The molecule has 1 aromatic carbocycles. The van der Waals surface area contributed by atoms with Crippen LogP contribution in [0.25, 0.3) is 0 Å². The van der Waals surface area contributed by atoms with Gasteiger partial charge in [0.2, 0.25) is 0 Å². The third kappa shape index (κ3) is 5.27. The fourth-order valence-electron chi connectivity index (χ4n) is 2.72. The summed E-state index contributed by atoms with van der Waals surface area (Å²) in [5.41, 5.74) is -0.540. The highest BCUT2D eigenvalue weighted by Gasteiger charge is 2.47. The van der Waals surface area contributed by atoms with E-state index in [0.29, 0.717) is 19.3 Å². The van der Waals surface area contributed by atoms with Crippen molar-refractivity contribution in [1.82, 2.24) is 0 Å². The Morgan fingerprint density at radius 3 is 1.92 bits per heavy atom. The summed E-state index contributed by atoms with van der Waals surface area (Å²) in [7, 11) is 0. The van der Waals surface area contributed by atoms with Crippen molar-refractivity contribution in [3.63, 3.8) is 0 Å². The highest BCUT2D eigenvalue weighted by Crippen LogP contribution is 2.34. The number of hydrogen-bond acceptors (Lipinski definition) is 6. The van der Waals surface area contributed by atoms with Gasteiger partial charge in [-0.2, -0.15) is 0 Å². The Bertz CT molecular complexity index is 578. The molecule has 0 saturated carbocycles. The van der Waals surface area contributed by atoms with Gasteiger partial charge in [-0.25, -0.2) is 0 Å². The first-order chi connectivity index (χ1) is 11.9. The average Bonchev–Trinajstić information content (AvgIpc) is 2.59. The quantitative estimate of drug-likeness (QED) is 0.277. The summed E-state index contributed by atoms with van der Waals surface area (Å²) in [6, 6.07) is 6.08. The Morgan fingerprint density at radius 1 is 1.00 bits per heavy atom. The third-order valence-corrected chi connectivity index (χ3v) is 4.00. The summed E-state index contributed by atoms with van der Waals surface area (Å²) < 4.78 is 10.3. The molecule has 0 aliphatic rings. The normalized spacial score (nSPS) is 11.0. The van der Waals surface area contributed by atoms with Gasteiger partial charge in [0.15, 0.2) is 5.41 Å². The maximum Gasteiger partial charge on any atom is 0.323 e. The van der Waals surface area contributed by atoms with Crippen molar-refractivity contribution in [2.75, 3.05) is 13.2 Å². The van der Waals surface area contributed by atoms with Gasteiger partial charge in [-0.1, -0.05) is 25.5 Å². The lowest BCUT2D eigenvalue weighted by atomic mass is 9.78. The lowest BCUT2D eigenvalue weighted by molar-refractivity contribution is -0.384. The van der Waals surface area contributed by atoms with Crippen LogP contribution in [0, 0.1) is 15.5 Å². The highest BCUT2D eigenvalue weighted by molar-refractivity contribution is 6.00. The van der Waals surface area contributed by atoms with Crippen molar-refractivity contribution < 1.29 is 24.0 Å². The number of carbonyl (C=O) groups is 2. The van der Waals surface area contributed by atoms with Crippen LogP contribution >= 0.6 is 0 Å². The van der Waals surface area contributed by atoms with Gasteiger partial charge in [-0.05, 0) is 38.7 Å². The van der Waals surface area contributed by atoms with Crippen molar-refractivity contribution in [1.29, 1.82) is 0 Å². The number of ether oxygens (including phenoxy) is 2. The zero-order valence-electron chi connectivity index (χ0n) is 14.9. The number of rotatable bonds is 10. The molecule has 0 heterocycles. The van der Waals surface area contributed by atoms with Crippen LogP contribution in [-0.2, 0) is 25.5 Å². The summed E-state index contributed by atoms with van der Waals surface area (Å²) in [4.78, 5) is 35.3. The van der Waals surface area contributed by atoms with E-state index >= 15 is 0 Å². The minimum Gasteiger partial charge on any atom is -0.465 e. The molecule has 0 radical (unpaired) electrons. The lowest BCUT2D eigenvalue weighted by Gasteiger charge is -2.29. The standard InChI is InChI=1S/C18H25NO6/c1-4-12-18(16(20)24-5-2,17(21)25-6-3)13-11-14-7-9-15(10-8-14)19(22)23/h7-10H,4-6,11-13H2,1-3H3. The Balaban J connectivity index is 3.03. The molecule has 0 unspecified atom stereocenters. The van der Waals surface area contributed by atoms with E-state index in [1.807, 2.05) is 6.92 Å². The van der Waals surface area contributed by atoms with Crippen molar-refractivity contribution >= 4 is 17.6 Å². The Labute approximate surface area is 147 Å². The number of carbonyl (C=O) groups excluding carboxylic acids is 2. The van der Waals surface area contributed by atoms with E-state index in [-0.39, 0.29) is 25.3 Å². The molecular weight excluding hydrogens is 326 g/mol. The summed E-state index contributed by atoms with van der Waals surface area (Å²) >= 11 is 0. The molecule has 0 saturated heterocycles. The highest BCUT2D eigenvalue weighted by atomic mass is 16.6. The van der Waals surface area contributed by atoms with Gasteiger partial charge in [0.05, 0.1) is 18.1 Å². The minimum atomic E-state index is -1.34. The Kier molecular flexibility index (Phi) is 8.04. The van der Waals surface area contributed by atoms with Crippen molar-refractivity contribution in [2.45, 2.75) is 46.5 Å². The molecule has 0 aliphatic carbocycles. The fraction of sp³-hybridized carbons (Fsp3) is 0.556. The maximum absolute atomic E-state index is 12.5. The predicted molar refractivity (Wildman–Crippen MR) is 92.0 cm³/mol. The zero-order valence-corrected chi connectivity index (χ0v) is 14.9. The lowest BCUT2D eigenvalue weighted by Crippen LogP contribution is -2.42. The summed E-state index contributed by atoms with van der Waals surface area (Å²) in [6.07, 6.45) is 1.60. The molecule has 7 heteroatoms. The van der Waals surface area contributed by atoms with Gasteiger partial charge in [0, 0.05) is 12.1 Å². The monoisotopic (exact) mass is 351 g/mol. The number of nitrogens with zero attached hydrogens (tertiary/aromatic N) is 1. The molecule has 0 aliphatic heterocycles. The summed E-state index contributed by atoms with van der Waals surface area (Å²) in [5.74, 6) is -1.14. The molecule has 0 bridgehead atoms. The van der Waals surface area contributed by atoms with Crippen LogP contribution < -0.4 is 0 Å². The number of hydrogen-bond donors (Lipinski definition) is 0. The molecule has 0 amide bonds. The average molecular weight is 351 g/mol. The van der Waals surface area contributed by atoms with Crippen LogP contribution in [0.3, 0.4) is 0 Å². The molecule has 138 valence electrons. The zero-order chi connectivity index (χ0) is 18.9. The van der Waals surface area contributed by atoms with Crippen LogP contribution in [0.15, 0.2) is 24.3 Å². The largest absolute Gasteiger partial charge is 0.465 e. The number of benzene rings is 1. The molecule has 25 heavy (non-hydrogen) atoms. The van der Waals surface area contributed by atoms with Crippen LogP contribution in [0.4, 0.5) is 5.69 Å². The smallest absolute Gasteiger partial charge is 0.323 e. The van der Waals surface area contributed by atoms with Gasteiger partial charge in [0.25, 0.3) is 5.69 Å². The number of nitro benzene ring substituents is 1. The molecule has 1 aromatic rings. The molecule has 0 N–H and O–H groups in total. The van der Waals surface area contributed by atoms with Crippen LogP contribution in [0.5, 0.6) is 0 Å². The van der Waals surface area contributed by atoms with E-state index < -0.39 is 22.3 Å². The van der Waals surface area contributed by atoms with E-state index in [1.54, 1.807) is 26.0 Å². The second-order valence-corrected chi connectivity index (χ2v) is 5.70. The number of aryl methyl sites for hydroxylation is 1. The predicted octanol–water partition coefficient (Wildman–Crippen LogP) is 3.44. The number of nitro groups is 1. The molecule has 0 atom stereocenters. The van der Waals surface area contributed by atoms with E-state index in [4.69, 9.17) is 9.47 Å². The van der Waals surface area contributed by atoms with E-state index in [9.17, 15) is 19.7 Å². The van der Waals surface area contributed by atoms with Crippen LogP contribution in [-0.4, -0.2) is 30.1 Å². The topological polar surface area (TPSA) is 95.7 Å². The molecule has 0 spiro atoms. The van der Waals surface area contributed by atoms with Crippen molar-refractivity contribution in [3.8, 4) is 0 Å². The van der Waals surface area contributed by atoms with E-state index in [1.165, 1.54) is 12.1 Å².